The molecule has 0 radical (unpaired) electrons. The lowest BCUT2D eigenvalue weighted by Crippen LogP contribution is -2.14. The first-order chi connectivity index (χ1) is 5.70. The zero-order valence-corrected chi connectivity index (χ0v) is 7.45. The summed E-state index contributed by atoms with van der Waals surface area (Å²) in [5, 5.41) is 8.27. The van der Waals surface area contributed by atoms with Crippen molar-refractivity contribution in [2.24, 2.45) is 0 Å². The van der Waals surface area contributed by atoms with E-state index in [0.29, 0.717) is 5.56 Å². The van der Waals surface area contributed by atoms with E-state index in [2.05, 4.69) is 4.98 Å². The number of carboxylic acids is 1. The second kappa shape index (κ2) is 5.27. The highest BCUT2D eigenvalue weighted by Gasteiger charge is 2.11. The summed E-state index contributed by atoms with van der Waals surface area (Å²) >= 11 is 0. The Kier molecular flexibility index (Phi) is 4.69. The zero-order chi connectivity index (χ0) is 8.97. The Labute approximate surface area is 81.0 Å². The summed E-state index contributed by atoms with van der Waals surface area (Å²) in [5.74, 6) is -2.22. The number of aromatic nitrogens is 1. The molecule has 0 saturated carbocycles. The van der Waals surface area contributed by atoms with Gasteiger partial charge in [0.15, 0.2) is 0 Å². The molecule has 5 heteroatoms. The highest BCUT2D eigenvalue weighted by molar-refractivity contribution is 6.33. The summed E-state index contributed by atoms with van der Waals surface area (Å²) < 4.78 is 0. The molecule has 1 N–H and O–H groups in total. The van der Waals surface area contributed by atoms with Crippen LogP contribution in [0.1, 0.15) is 5.56 Å². The van der Waals surface area contributed by atoms with E-state index in [1.807, 2.05) is 0 Å². The summed E-state index contributed by atoms with van der Waals surface area (Å²) in [7, 11) is 0. The average Bonchev–Trinajstić information content (AvgIpc) is 2.06. The van der Waals surface area contributed by atoms with Crippen LogP contribution in [0.2, 0.25) is 0 Å². The normalized spacial score (nSPS) is 8.62. The molecule has 13 heavy (non-hydrogen) atoms. The Balaban J connectivity index is 0.00000144. The van der Waals surface area contributed by atoms with Gasteiger partial charge < -0.3 is 5.11 Å². The molecule has 0 saturated heterocycles. The highest BCUT2D eigenvalue weighted by Crippen LogP contribution is 1.97. The molecule has 0 aromatic carbocycles. The molecule has 70 valence electrons. The third-order valence-corrected chi connectivity index (χ3v) is 1.33. The summed E-state index contributed by atoms with van der Waals surface area (Å²) in [6.45, 7) is 0. The Morgan fingerprint density at radius 2 is 2.15 bits per heavy atom. The number of hydrogen-bond donors (Lipinski definition) is 1. The molecule has 0 amide bonds. The number of nitrogens with zero attached hydrogens (tertiary/aromatic N) is 1. The molecule has 0 aliphatic heterocycles. The Morgan fingerprint density at radius 3 is 2.62 bits per heavy atom. The van der Waals surface area contributed by atoms with Gasteiger partial charge in [0.2, 0.25) is 5.78 Å². The van der Waals surface area contributed by atoms with E-state index in [9.17, 15) is 9.59 Å². The number of hydrogen-bond acceptors (Lipinski definition) is 3. The minimum atomic E-state index is -1.40. The Morgan fingerprint density at radius 1 is 1.46 bits per heavy atom. The molecule has 0 bridgehead atoms. The SMILES string of the molecule is Cl.O=C(O)C(=O)Cc1cccnc1. The fraction of sp³-hybridized carbons (Fsp3) is 0.125. The Bertz CT molecular complexity index is 300. The van der Waals surface area contributed by atoms with Crippen molar-refractivity contribution >= 4 is 24.2 Å². The predicted octanol–water partition coefficient (Wildman–Crippen LogP) is 0.700. The molecule has 0 atom stereocenters. The van der Waals surface area contributed by atoms with Crippen molar-refractivity contribution in [3.8, 4) is 0 Å². The van der Waals surface area contributed by atoms with Gasteiger partial charge in [-0.2, -0.15) is 0 Å². The molecule has 1 rings (SSSR count). The molecule has 0 aliphatic carbocycles. The number of halogens is 1. The van der Waals surface area contributed by atoms with Crippen LogP contribution in [0.15, 0.2) is 24.5 Å². The van der Waals surface area contributed by atoms with Crippen LogP contribution in [0.3, 0.4) is 0 Å². The number of ketones is 1. The van der Waals surface area contributed by atoms with Gasteiger partial charge in [-0.3, -0.25) is 9.78 Å². The maximum Gasteiger partial charge on any atom is 0.372 e. The van der Waals surface area contributed by atoms with Gasteiger partial charge in [-0.1, -0.05) is 6.07 Å². The molecule has 1 heterocycles. The summed E-state index contributed by atoms with van der Waals surface area (Å²) in [6, 6.07) is 3.32. The van der Waals surface area contributed by atoms with E-state index in [1.165, 1.54) is 6.20 Å². The number of aliphatic carboxylic acids is 1. The summed E-state index contributed by atoms with van der Waals surface area (Å²) in [5.41, 5.74) is 0.616. The minimum absolute atomic E-state index is 0. The molecule has 0 spiro atoms. The van der Waals surface area contributed by atoms with Crippen LogP contribution >= 0.6 is 12.4 Å². The summed E-state index contributed by atoms with van der Waals surface area (Å²) in [4.78, 5) is 24.6. The van der Waals surface area contributed by atoms with Gasteiger partial charge in [-0.15, -0.1) is 12.4 Å². The third-order valence-electron chi connectivity index (χ3n) is 1.33. The van der Waals surface area contributed by atoms with E-state index in [1.54, 1.807) is 18.3 Å². The van der Waals surface area contributed by atoms with Gasteiger partial charge in [0, 0.05) is 18.8 Å². The standard InChI is InChI=1S/C8H7NO3.ClH/c10-7(8(11)12)4-6-2-1-3-9-5-6;/h1-3,5H,4H2,(H,11,12);1H. The highest BCUT2D eigenvalue weighted by atomic mass is 35.5. The lowest BCUT2D eigenvalue weighted by atomic mass is 10.1. The van der Waals surface area contributed by atoms with Gasteiger partial charge in [0.05, 0.1) is 0 Å². The molecule has 0 fully saturated rings. The number of carbonyl (C=O) groups excluding carboxylic acids is 1. The number of rotatable bonds is 3. The van der Waals surface area contributed by atoms with Gasteiger partial charge in [0.1, 0.15) is 0 Å². The van der Waals surface area contributed by atoms with Crippen molar-refractivity contribution in [3.63, 3.8) is 0 Å². The molecule has 4 nitrogen and oxygen atoms in total. The maximum atomic E-state index is 10.7. The summed E-state index contributed by atoms with van der Waals surface area (Å²) in [6.07, 6.45) is 2.94. The lowest BCUT2D eigenvalue weighted by Gasteiger charge is -1.94. The van der Waals surface area contributed by atoms with Crippen molar-refractivity contribution in [3.05, 3.63) is 30.1 Å². The van der Waals surface area contributed by atoms with Crippen molar-refractivity contribution in [2.75, 3.05) is 0 Å². The van der Waals surface area contributed by atoms with Gasteiger partial charge in [-0.05, 0) is 11.6 Å². The van der Waals surface area contributed by atoms with Crippen LogP contribution < -0.4 is 0 Å². The van der Waals surface area contributed by atoms with Crippen LogP contribution in [0.5, 0.6) is 0 Å². The molecular weight excluding hydrogens is 194 g/mol. The molecule has 1 aromatic heterocycles. The predicted molar refractivity (Wildman–Crippen MR) is 47.8 cm³/mol. The molecule has 1 aromatic rings. The van der Waals surface area contributed by atoms with E-state index < -0.39 is 11.8 Å². The van der Waals surface area contributed by atoms with E-state index in [4.69, 9.17) is 5.11 Å². The van der Waals surface area contributed by atoms with Gasteiger partial charge in [0.25, 0.3) is 0 Å². The van der Waals surface area contributed by atoms with E-state index >= 15 is 0 Å². The third kappa shape index (κ3) is 3.66. The monoisotopic (exact) mass is 201 g/mol. The van der Waals surface area contributed by atoms with Crippen LogP contribution in [-0.4, -0.2) is 21.8 Å². The van der Waals surface area contributed by atoms with Gasteiger partial charge >= 0.3 is 5.97 Å². The lowest BCUT2D eigenvalue weighted by molar-refractivity contribution is -0.148. The number of carboxylic acid groups (broad SMARTS) is 1. The van der Waals surface area contributed by atoms with E-state index in [0.717, 1.165) is 0 Å². The van der Waals surface area contributed by atoms with Crippen LogP contribution in [0.4, 0.5) is 0 Å². The van der Waals surface area contributed by atoms with Crippen molar-refractivity contribution in [1.82, 2.24) is 4.98 Å². The van der Waals surface area contributed by atoms with Gasteiger partial charge in [-0.25, -0.2) is 4.79 Å². The molecule has 0 unspecified atom stereocenters. The first-order valence-electron chi connectivity index (χ1n) is 3.35. The quantitative estimate of drug-likeness (QED) is 0.731. The van der Waals surface area contributed by atoms with Crippen molar-refractivity contribution < 1.29 is 14.7 Å². The second-order valence-corrected chi connectivity index (χ2v) is 2.27. The van der Waals surface area contributed by atoms with Crippen LogP contribution in [-0.2, 0) is 16.0 Å². The number of carbonyl (C=O) groups is 2. The fourth-order valence-corrected chi connectivity index (χ4v) is 0.764. The second-order valence-electron chi connectivity index (χ2n) is 2.27. The smallest absolute Gasteiger partial charge is 0.372 e. The first kappa shape index (κ1) is 11.6. The van der Waals surface area contributed by atoms with Crippen LogP contribution in [0, 0.1) is 0 Å². The first-order valence-corrected chi connectivity index (χ1v) is 3.35. The molecular formula is C8H8ClNO3. The topological polar surface area (TPSA) is 67.3 Å². The fourth-order valence-electron chi connectivity index (χ4n) is 0.764. The van der Waals surface area contributed by atoms with Crippen LogP contribution in [0.25, 0.3) is 0 Å². The zero-order valence-electron chi connectivity index (χ0n) is 6.64. The average molecular weight is 202 g/mol. The number of pyridine rings is 1. The minimum Gasteiger partial charge on any atom is -0.475 e. The van der Waals surface area contributed by atoms with Crippen molar-refractivity contribution in [2.45, 2.75) is 6.42 Å². The number of Topliss-reactive ketones (excluding diaryl/α,β-unsaturated/α-hetero) is 1. The largest absolute Gasteiger partial charge is 0.475 e. The molecule has 0 aliphatic rings. The van der Waals surface area contributed by atoms with E-state index in [-0.39, 0.29) is 18.8 Å². The Hall–Kier alpha value is -1.42. The maximum absolute atomic E-state index is 10.7. The van der Waals surface area contributed by atoms with Crippen molar-refractivity contribution in [1.29, 1.82) is 0 Å².